The normalized spacial score (nSPS) is 10.4. The van der Waals surface area contributed by atoms with Gasteiger partial charge in [0.2, 0.25) is 0 Å². The SMILES string of the molecule is Cc1[nH]ncc1CNc1ccc(N)cc1I. The quantitative estimate of drug-likeness (QED) is 0.599. The van der Waals surface area contributed by atoms with Crippen LogP contribution in [0, 0.1) is 10.5 Å². The number of aromatic amines is 1. The minimum Gasteiger partial charge on any atom is -0.399 e. The molecule has 84 valence electrons. The van der Waals surface area contributed by atoms with Gasteiger partial charge in [0.25, 0.3) is 0 Å². The molecule has 0 aliphatic heterocycles. The first-order valence-electron chi connectivity index (χ1n) is 4.94. The van der Waals surface area contributed by atoms with Crippen molar-refractivity contribution in [2.45, 2.75) is 13.5 Å². The van der Waals surface area contributed by atoms with Crippen molar-refractivity contribution < 1.29 is 0 Å². The lowest BCUT2D eigenvalue weighted by molar-refractivity contribution is 1.04. The van der Waals surface area contributed by atoms with Gasteiger partial charge in [0.15, 0.2) is 0 Å². The number of nitrogen functional groups attached to an aromatic ring is 1. The molecular formula is C11H13IN4. The van der Waals surface area contributed by atoms with Crippen molar-refractivity contribution in [1.29, 1.82) is 0 Å². The van der Waals surface area contributed by atoms with Gasteiger partial charge in [-0.15, -0.1) is 0 Å². The van der Waals surface area contributed by atoms with Crippen LogP contribution in [0.2, 0.25) is 0 Å². The Bertz CT molecular complexity index is 492. The van der Waals surface area contributed by atoms with Gasteiger partial charge in [-0.3, -0.25) is 5.10 Å². The number of halogens is 1. The maximum Gasteiger partial charge on any atom is 0.0539 e. The number of nitrogens with two attached hydrogens (primary N) is 1. The Labute approximate surface area is 108 Å². The van der Waals surface area contributed by atoms with Crippen LogP contribution in [0.1, 0.15) is 11.3 Å². The van der Waals surface area contributed by atoms with E-state index in [1.165, 1.54) is 5.56 Å². The molecule has 2 aromatic rings. The van der Waals surface area contributed by atoms with Crippen LogP contribution in [0.3, 0.4) is 0 Å². The molecule has 0 unspecified atom stereocenters. The van der Waals surface area contributed by atoms with Crippen molar-refractivity contribution >= 4 is 34.0 Å². The van der Waals surface area contributed by atoms with E-state index in [1.54, 1.807) is 0 Å². The molecule has 0 saturated carbocycles. The highest BCUT2D eigenvalue weighted by Gasteiger charge is 2.02. The Hall–Kier alpha value is -1.24. The summed E-state index contributed by atoms with van der Waals surface area (Å²) in [5.41, 5.74) is 9.84. The second kappa shape index (κ2) is 4.73. The van der Waals surface area contributed by atoms with Gasteiger partial charge in [0.1, 0.15) is 0 Å². The predicted octanol–water partition coefficient (Wildman–Crippen LogP) is 2.52. The Morgan fingerprint density at radius 1 is 1.50 bits per heavy atom. The van der Waals surface area contributed by atoms with Crippen molar-refractivity contribution in [3.05, 3.63) is 39.2 Å². The largest absolute Gasteiger partial charge is 0.399 e. The van der Waals surface area contributed by atoms with Crippen LogP contribution in [-0.2, 0) is 6.54 Å². The first-order chi connectivity index (χ1) is 7.66. The fraction of sp³-hybridized carbons (Fsp3) is 0.182. The van der Waals surface area contributed by atoms with Crippen LogP contribution in [0.25, 0.3) is 0 Å². The molecule has 1 heterocycles. The first-order valence-corrected chi connectivity index (χ1v) is 6.02. The second-order valence-electron chi connectivity index (χ2n) is 3.61. The van der Waals surface area contributed by atoms with E-state index in [-0.39, 0.29) is 0 Å². The van der Waals surface area contributed by atoms with E-state index in [0.717, 1.165) is 27.2 Å². The maximum absolute atomic E-state index is 5.69. The number of H-pyrrole nitrogens is 1. The standard InChI is InChI=1S/C11H13IN4/c1-7-8(6-15-16-7)5-14-11-3-2-9(13)4-10(11)12/h2-4,6,14H,5,13H2,1H3,(H,15,16). The highest BCUT2D eigenvalue weighted by atomic mass is 127. The van der Waals surface area contributed by atoms with Crippen molar-refractivity contribution in [3.8, 4) is 0 Å². The molecule has 1 aromatic carbocycles. The molecule has 0 saturated heterocycles. The molecule has 0 bridgehead atoms. The third-order valence-electron chi connectivity index (χ3n) is 2.40. The van der Waals surface area contributed by atoms with Crippen molar-refractivity contribution in [2.75, 3.05) is 11.1 Å². The van der Waals surface area contributed by atoms with Crippen LogP contribution in [0.15, 0.2) is 24.4 Å². The van der Waals surface area contributed by atoms with Gasteiger partial charge in [-0.2, -0.15) is 5.10 Å². The molecule has 4 N–H and O–H groups in total. The summed E-state index contributed by atoms with van der Waals surface area (Å²) in [6.07, 6.45) is 1.84. The average molecular weight is 328 g/mol. The van der Waals surface area contributed by atoms with Crippen molar-refractivity contribution in [2.24, 2.45) is 0 Å². The van der Waals surface area contributed by atoms with Gasteiger partial charge in [-0.1, -0.05) is 0 Å². The van der Waals surface area contributed by atoms with Gasteiger partial charge in [-0.25, -0.2) is 0 Å². The zero-order valence-corrected chi connectivity index (χ0v) is 11.1. The van der Waals surface area contributed by atoms with Crippen LogP contribution >= 0.6 is 22.6 Å². The third kappa shape index (κ3) is 2.46. The highest BCUT2D eigenvalue weighted by molar-refractivity contribution is 14.1. The topological polar surface area (TPSA) is 66.7 Å². The monoisotopic (exact) mass is 328 g/mol. The summed E-state index contributed by atoms with van der Waals surface area (Å²) in [7, 11) is 0. The van der Waals surface area contributed by atoms with Crippen molar-refractivity contribution in [3.63, 3.8) is 0 Å². The summed E-state index contributed by atoms with van der Waals surface area (Å²) in [4.78, 5) is 0. The Balaban J connectivity index is 2.08. The summed E-state index contributed by atoms with van der Waals surface area (Å²) in [6, 6.07) is 5.84. The van der Waals surface area contributed by atoms with E-state index >= 15 is 0 Å². The van der Waals surface area contributed by atoms with Gasteiger partial charge < -0.3 is 11.1 Å². The fourth-order valence-corrected chi connectivity index (χ4v) is 2.15. The minimum atomic E-state index is 0.766. The number of nitrogens with one attached hydrogen (secondary N) is 2. The molecule has 5 heteroatoms. The second-order valence-corrected chi connectivity index (χ2v) is 4.78. The molecule has 0 fully saturated rings. The number of aromatic nitrogens is 2. The van der Waals surface area contributed by atoms with E-state index in [2.05, 4.69) is 38.1 Å². The lowest BCUT2D eigenvalue weighted by atomic mass is 10.2. The Kier molecular flexibility index (Phi) is 3.33. The molecule has 16 heavy (non-hydrogen) atoms. The predicted molar refractivity (Wildman–Crippen MR) is 74.2 cm³/mol. The summed E-state index contributed by atoms with van der Waals surface area (Å²) >= 11 is 2.27. The maximum atomic E-state index is 5.69. The van der Waals surface area contributed by atoms with Gasteiger partial charge in [0, 0.05) is 32.7 Å². The molecule has 4 nitrogen and oxygen atoms in total. The highest BCUT2D eigenvalue weighted by Crippen LogP contribution is 2.21. The smallest absolute Gasteiger partial charge is 0.0539 e. The minimum absolute atomic E-state index is 0.766. The molecule has 0 aliphatic rings. The number of hydrogen-bond donors (Lipinski definition) is 3. The number of anilines is 2. The van der Waals surface area contributed by atoms with E-state index in [4.69, 9.17) is 5.73 Å². The molecule has 2 rings (SSSR count). The fourth-order valence-electron chi connectivity index (χ4n) is 1.42. The number of nitrogens with zero attached hydrogens (tertiary/aromatic N) is 1. The number of aryl methyl sites for hydroxylation is 1. The third-order valence-corrected chi connectivity index (χ3v) is 3.29. The lowest BCUT2D eigenvalue weighted by Crippen LogP contribution is -2.01. The van der Waals surface area contributed by atoms with Crippen LogP contribution in [0.5, 0.6) is 0 Å². The number of benzene rings is 1. The number of hydrogen-bond acceptors (Lipinski definition) is 3. The van der Waals surface area contributed by atoms with E-state index < -0.39 is 0 Å². The summed E-state index contributed by atoms with van der Waals surface area (Å²) < 4.78 is 1.12. The molecular weight excluding hydrogens is 315 g/mol. The van der Waals surface area contributed by atoms with Crippen molar-refractivity contribution in [1.82, 2.24) is 10.2 Å². The summed E-state index contributed by atoms with van der Waals surface area (Å²) in [6.45, 7) is 2.78. The molecule has 0 radical (unpaired) electrons. The number of rotatable bonds is 3. The zero-order chi connectivity index (χ0) is 11.5. The average Bonchev–Trinajstić information content (AvgIpc) is 2.63. The van der Waals surface area contributed by atoms with Gasteiger partial charge in [-0.05, 0) is 47.7 Å². The van der Waals surface area contributed by atoms with Crippen LogP contribution in [0.4, 0.5) is 11.4 Å². The molecule has 0 amide bonds. The van der Waals surface area contributed by atoms with Gasteiger partial charge in [0.05, 0.1) is 6.20 Å². The Morgan fingerprint density at radius 3 is 2.94 bits per heavy atom. The van der Waals surface area contributed by atoms with E-state index in [0.29, 0.717) is 0 Å². The summed E-state index contributed by atoms with van der Waals surface area (Å²) in [5.74, 6) is 0. The molecule has 0 atom stereocenters. The van der Waals surface area contributed by atoms with E-state index in [9.17, 15) is 0 Å². The summed E-state index contributed by atoms with van der Waals surface area (Å²) in [5, 5.41) is 10.3. The Morgan fingerprint density at radius 2 is 2.31 bits per heavy atom. The van der Waals surface area contributed by atoms with Crippen LogP contribution < -0.4 is 11.1 Å². The molecule has 0 spiro atoms. The van der Waals surface area contributed by atoms with Gasteiger partial charge >= 0.3 is 0 Å². The zero-order valence-electron chi connectivity index (χ0n) is 8.92. The molecule has 1 aromatic heterocycles. The van der Waals surface area contributed by atoms with Crippen LogP contribution in [-0.4, -0.2) is 10.2 Å². The first kappa shape index (κ1) is 11.3. The van der Waals surface area contributed by atoms with E-state index in [1.807, 2.05) is 31.3 Å². The lowest BCUT2D eigenvalue weighted by Gasteiger charge is -2.08. The molecule has 0 aliphatic carbocycles.